The number of halogens is 1. The lowest BCUT2D eigenvalue weighted by Gasteiger charge is -2.14. The molecule has 0 unspecified atom stereocenters. The Hall–Kier alpha value is -1.71. The predicted octanol–water partition coefficient (Wildman–Crippen LogP) is 3.20. The first kappa shape index (κ1) is 13.3. The minimum atomic E-state index is -0.389. The third kappa shape index (κ3) is 3.16. The number of hydrogen-bond acceptors (Lipinski definition) is 3. The average Bonchev–Trinajstić information content (AvgIpc) is 2.26. The zero-order valence-corrected chi connectivity index (χ0v) is 9.37. The van der Waals surface area contributed by atoms with Crippen molar-refractivity contribution in [3.63, 3.8) is 0 Å². The van der Waals surface area contributed by atoms with Gasteiger partial charge < -0.3 is 0 Å². The van der Waals surface area contributed by atoms with E-state index in [1.54, 1.807) is 19.1 Å². The Kier molecular flexibility index (Phi) is 5.94. The lowest BCUT2D eigenvalue weighted by Crippen LogP contribution is -2.09. The van der Waals surface area contributed by atoms with Gasteiger partial charge in [-0.1, -0.05) is 26.0 Å². The smallest absolute Gasteiger partial charge is 0.150 e. The summed E-state index contributed by atoms with van der Waals surface area (Å²) >= 11 is 0. The second kappa shape index (κ2) is 6.70. The van der Waals surface area contributed by atoms with Crippen molar-refractivity contribution < 1.29 is 4.39 Å². The first-order valence-corrected chi connectivity index (χ1v) is 4.69. The Morgan fingerprint density at radius 1 is 1.20 bits per heavy atom. The van der Waals surface area contributed by atoms with Crippen molar-refractivity contribution in [1.82, 2.24) is 0 Å². The Morgan fingerprint density at radius 2 is 1.73 bits per heavy atom. The highest BCUT2D eigenvalue weighted by atomic mass is 19.1. The third-order valence-electron chi connectivity index (χ3n) is 1.66. The number of aryl methyl sites for hydroxylation is 1. The number of rotatable bonds is 3. The van der Waals surface area contributed by atoms with Crippen molar-refractivity contribution in [2.24, 2.45) is 10.2 Å². The zero-order chi connectivity index (χ0) is 11.8. The van der Waals surface area contributed by atoms with Crippen molar-refractivity contribution in [2.45, 2.75) is 20.8 Å². The molecule has 4 heteroatoms. The Morgan fingerprint density at radius 3 is 2.13 bits per heavy atom. The van der Waals surface area contributed by atoms with Gasteiger partial charge in [0.25, 0.3) is 0 Å². The molecule has 0 aliphatic rings. The van der Waals surface area contributed by atoms with Gasteiger partial charge in [-0.2, -0.15) is 10.2 Å². The first-order valence-electron chi connectivity index (χ1n) is 4.69. The summed E-state index contributed by atoms with van der Waals surface area (Å²) in [5.74, 6) is -0.389. The third-order valence-corrected chi connectivity index (χ3v) is 1.66. The van der Waals surface area contributed by atoms with Crippen LogP contribution in [0.15, 0.2) is 28.4 Å². The summed E-state index contributed by atoms with van der Waals surface area (Å²) in [6, 6.07) is 4.73. The molecule has 3 nitrogen and oxygen atoms in total. The van der Waals surface area contributed by atoms with Crippen molar-refractivity contribution in [1.29, 1.82) is 0 Å². The molecular formula is C11H16FN3. The van der Waals surface area contributed by atoms with Crippen LogP contribution in [0, 0.1) is 12.7 Å². The summed E-state index contributed by atoms with van der Waals surface area (Å²) in [5.41, 5.74) is 1.02. The lowest BCUT2D eigenvalue weighted by atomic mass is 10.2. The molecule has 0 spiro atoms. The maximum Gasteiger partial charge on any atom is 0.150 e. The van der Waals surface area contributed by atoms with Crippen LogP contribution >= 0.6 is 0 Å². The van der Waals surface area contributed by atoms with Crippen LogP contribution in [0.25, 0.3) is 0 Å². The molecule has 0 aliphatic carbocycles. The van der Waals surface area contributed by atoms with Gasteiger partial charge in [-0.05, 0) is 18.6 Å². The van der Waals surface area contributed by atoms with Gasteiger partial charge in [0.05, 0.1) is 0 Å². The van der Waals surface area contributed by atoms with Crippen LogP contribution in [-0.2, 0) is 0 Å². The van der Waals surface area contributed by atoms with Gasteiger partial charge in [-0.15, -0.1) is 5.12 Å². The average molecular weight is 209 g/mol. The molecule has 0 atom stereocenters. The predicted molar refractivity (Wildman–Crippen MR) is 64.1 cm³/mol. The molecule has 0 N–H and O–H groups in total. The lowest BCUT2D eigenvalue weighted by molar-refractivity contribution is 0.620. The maximum absolute atomic E-state index is 13.3. The molecule has 0 bridgehead atoms. The van der Waals surface area contributed by atoms with Crippen LogP contribution in [0.2, 0.25) is 0 Å². The molecular weight excluding hydrogens is 193 g/mol. The Balaban J connectivity index is 0.000000921. The van der Waals surface area contributed by atoms with Gasteiger partial charge in [0, 0.05) is 13.4 Å². The SMILES string of the molecule is C=NN(N=C)c1c(C)cccc1F.CC. The molecule has 0 aromatic heterocycles. The Bertz CT molecular complexity index is 308. The van der Waals surface area contributed by atoms with E-state index in [4.69, 9.17) is 0 Å². The molecule has 0 radical (unpaired) electrons. The Labute approximate surface area is 89.9 Å². The molecule has 0 saturated carbocycles. The van der Waals surface area contributed by atoms with Crippen molar-refractivity contribution in [3.8, 4) is 0 Å². The molecule has 0 saturated heterocycles. The molecule has 0 aliphatic heterocycles. The molecule has 0 heterocycles. The summed E-state index contributed by atoms with van der Waals surface area (Å²) in [5, 5.41) is 8.09. The number of para-hydroxylation sites is 1. The van der Waals surface area contributed by atoms with E-state index in [2.05, 4.69) is 23.6 Å². The highest BCUT2D eigenvalue weighted by molar-refractivity contribution is 5.55. The van der Waals surface area contributed by atoms with E-state index in [9.17, 15) is 4.39 Å². The van der Waals surface area contributed by atoms with Crippen LogP contribution in [0.5, 0.6) is 0 Å². The number of hydrogen-bond donors (Lipinski definition) is 0. The summed E-state index contributed by atoms with van der Waals surface area (Å²) in [4.78, 5) is 0. The van der Waals surface area contributed by atoms with E-state index in [1.165, 1.54) is 6.07 Å². The van der Waals surface area contributed by atoms with E-state index in [-0.39, 0.29) is 11.5 Å². The molecule has 1 rings (SSSR count). The highest BCUT2D eigenvalue weighted by Crippen LogP contribution is 2.23. The van der Waals surface area contributed by atoms with E-state index < -0.39 is 0 Å². The summed E-state index contributed by atoms with van der Waals surface area (Å²) in [6.07, 6.45) is 0. The standard InChI is InChI=1S/C9H10FN3.C2H6/c1-7-5-4-6-8(10)9(7)13(11-2)12-3;1-2/h4-6H,2-3H2,1H3;1-2H3. The highest BCUT2D eigenvalue weighted by Gasteiger charge is 2.10. The quantitative estimate of drug-likeness (QED) is 0.555. The minimum Gasteiger partial charge on any atom is -0.205 e. The van der Waals surface area contributed by atoms with Crippen LogP contribution in [0.4, 0.5) is 10.1 Å². The van der Waals surface area contributed by atoms with Crippen LogP contribution < -0.4 is 5.12 Å². The fraction of sp³-hybridized carbons (Fsp3) is 0.273. The molecule has 1 aromatic rings. The van der Waals surface area contributed by atoms with Gasteiger partial charge in [-0.25, -0.2) is 4.39 Å². The zero-order valence-electron chi connectivity index (χ0n) is 9.37. The largest absolute Gasteiger partial charge is 0.205 e. The van der Waals surface area contributed by atoms with E-state index in [1.807, 2.05) is 13.8 Å². The molecule has 82 valence electrons. The van der Waals surface area contributed by atoms with Gasteiger partial charge in [0.1, 0.15) is 5.69 Å². The van der Waals surface area contributed by atoms with Gasteiger partial charge in [-0.3, -0.25) is 0 Å². The van der Waals surface area contributed by atoms with Gasteiger partial charge in [0.2, 0.25) is 0 Å². The number of benzene rings is 1. The van der Waals surface area contributed by atoms with Crippen molar-refractivity contribution >= 4 is 19.1 Å². The summed E-state index contributed by atoms with van der Waals surface area (Å²) in [6.45, 7) is 12.3. The van der Waals surface area contributed by atoms with Gasteiger partial charge >= 0.3 is 0 Å². The summed E-state index contributed by atoms with van der Waals surface area (Å²) in [7, 11) is 0. The topological polar surface area (TPSA) is 28.0 Å². The van der Waals surface area contributed by atoms with Crippen molar-refractivity contribution in [2.75, 3.05) is 5.12 Å². The van der Waals surface area contributed by atoms with E-state index in [0.29, 0.717) is 0 Å². The monoisotopic (exact) mass is 209 g/mol. The number of nitrogens with zero attached hydrogens (tertiary/aromatic N) is 3. The number of anilines is 1. The van der Waals surface area contributed by atoms with Crippen LogP contribution in [0.1, 0.15) is 19.4 Å². The molecule has 15 heavy (non-hydrogen) atoms. The minimum absolute atomic E-state index is 0.285. The summed E-state index contributed by atoms with van der Waals surface area (Å²) < 4.78 is 13.3. The van der Waals surface area contributed by atoms with E-state index >= 15 is 0 Å². The first-order chi connectivity index (χ1) is 7.20. The van der Waals surface area contributed by atoms with Crippen molar-refractivity contribution in [3.05, 3.63) is 29.6 Å². The van der Waals surface area contributed by atoms with Gasteiger partial charge in [0.15, 0.2) is 5.82 Å². The maximum atomic E-state index is 13.3. The number of hydrazone groups is 2. The molecule has 1 aromatic carbocycles. The van der Waals surface area contributed by atoms with Crippen LogP contribution in [0.3, 0.4) is 0 Å². The second-order valence-corrected chi connectivity index (χ2v) is 2.48. The molecule has 0 fully saturated rings. The fourth-order valence-corrected chi connectivity index (χ4v) is 1.06. The normalized spacial score (nSPS) is 8.53. The molecule has 0 amide bonds. The van der Waals surface area contributed by atoms with Crippen LogP contribution in [-0.4, -0.2) is 13.4 Å². The second-order valence-electron chi connectivity index (χ2n) is 2.48. The fourth-order valence-electron chi connectivity index (χ4n) is 1.06. The van der Waals surface area contributed by atoms with E-state index in [0.717, 1.165) is 10.7 Å².